The first-order chi connectivity index (χ1) is 15.9. The van der Waals surface area contributed by atoms with Crippen molar-refractivity contribution in [3.63, 3.8) is 0 Å². The minimum atomic E-state index is -0.768. The summed E-state index contributed by atoms with van der Waals surface area (Å²) < 4.78 is 0. The molecule has 2 aromatic rings. The second-order valence-corrected chi connectivity index (χ2v) is 10.0. The number of carbonyl (C=O) groups excluding carboxylic acids is 2. The predicted octanol–water partition coefficient (Wildman–Crippen LogP) is 4.02. The van der Waals surface area contributed by atoms with Crippen LogP contribution in [-0.2, 0) is 11.3 Å². The topological polar surface area (TPSA) is 79.7 Å². The molecule has 7 nitrogen and oxygen atoms in total. The zero-order chi connectivity index (χ0) is 23.2. The van der Waals surface area contributed by atoms with Gasteiger partial charge in [0.2, 0.25) is 0 Å². The van der Waals surface area contributed by atoms with Gasteiger partial charge in [-0.05, 0) is 55.2 Å². The van der Waals surface area contributed by atoms with Crippen LogP contribution < -0.4 is 5.32 Å². The van der Waals surface area contributed by atoms with Gasteiger partial charge in [-0.25, -0.2) is 4.79 Å². The van der Waals surface area contributed by atoms with E-state index < -0.39 is 5.54 Å². The van der Waals surface area contributed by atoms with Crippen LogP contribution in [0.15, 0.2) is 47.4 Å². The Kier molecular flexibility index (Phi) is 5.55. The van der Waals surface area contributed by atoms with Crippen LogP contribution in [0.4, 0.5) is 10.5 Å². The number of hydrogen-bond acceptors (Lipinski definition) is 6. The summed E-state index contributed by atoms with van der Waals surface area (Å²) in [6.07, 6.45) is 1.25. The van der Waals surface area contributed by atoms with Gasteiger partial charge in [0.25, 0.3) is 5.91 Å². The molecule has 1 N–H and O–H groups in total. The highest BCUT2D eigenvalue weighted by atomic mass is 32.2. The molecular weight excluding hydrogens is 434 g/mol. The molecule has 0 aliphatic carbocycles. The number of likely N-dealkylation sites (tertiary alicyclic amines) is 1. The van der Waals surface area contributed by atoms with Crippen LogP contribution in [0.2, 0.25) is 0 Å². The van der Waals surface area contributed by atoms with Crippen molar-refractivity contribution < 1.29 is 9.59 Å². The molecule has 1 atom stereocenters. The Bertz CT molecular complexity index is 1130. The van der Waals surface area contributed by atoms with Crippen LogP contribution in [0.1, 0.15) is 42.5 Å². The molecule has 0 aromatic heterocycles. The van der Waals surface area contributed by atoms with Gasteiger partial charge in [-0.2, -0.15) is 5.26 Å². The Morgan fingerprint density at radius 1 is 1.15 bits per heavy atom. The second-order valence-electron chi connectivity index (χ2n) is 9.01. The smallest absolute Gasteiger partial charge is 0.327 e. The maximum absolute atomic E-state index is 13.5. The molecule has 0 radical (unpaired) electrons. The molecule has 1 unspecified atom stereocenters. The van der Waals surface area contributed by atoms with Crippen LogP contribution in [-0.4, -0.2) is 58.2 Å². The zero-order valence-electron chi connectivity index (χ0n) is 18.9. The number of urea groups is 1. The average Bonchev–Trinajstić information content (AvgIpc) is 3.39. The number of nitrogens with zero attached hydrogens (tertiary/aromatic N) is 4. The fourth-order valence-corrected chi connectivity index (χ4v) is 5.99. The quantitative estimate of drug-likeness (QED) is 0.693. The largest absolute Gasteiger partial charge is 0.375 e. The van der Waals surface area contributed by atoms with Crippen molar-refractivity contribution in [2.75, 3.05) is 31.3 Å². The molecule has 1 spiro atoms. The monoisotopic (exact) mass is 461 g/mol. The third-order valence-corrected chi connectivity index (χ3v) is 8.33. The lowest BCUT2D eigenvalue weighted by atomic mass is 9.85. The van der Waals surface area contributed by atoms with E-state index in [0.29, 0.717) is 18.4 Å². The lowest BCUT2D eigenvalue weighted by molar-refractivity contribution is -0.135. The lowest BCUT2D eigenvalue weighted by Crippen LogP contribution is -2.55. The van der Waals surface area contributed by atoms with Gasteiger partial charge in [0.05, 0.1) is 24.1 Å². The van der Waals surface area contributed by atoms with Crippen molar-refractivity contribution in [1.82, 2.24) is 14.7 Å². The summed E-state index contributed by atoms with van der Waals surface area (Å²) in [6.45, 7) is 3.96. The molecule has 2 aromatic carbocycles. The number of fused-ring (bicyclic) bond motifs is 1. The molecule has 2 saturated heterocycles. The van der Waals surface area contributed by atoms with Gasteiger partial charge >= 0.3 is 6.03 Å². The highest BCUT2D eigenvalue weighted by Crippen LogP contribution is 2.40. The Morgan fingerprint density at radius 3 is 2.58 bits per heavy atom. The number of thioether (sulfide) groups is 1. The molecule has 3 amide bonds. The molecule has 3 aliphatic heterocycles. The molecule has 33 heavy (non-hydrogen) atoms. The highest BCUT2D eigenvalue weighted by molar-refractivity contribution is 7.99. The molecule has 0 bridgehead atoms. The van der Waals surface area contributed by atoms with Crippen molar-refractivity contribution >= 4 is 29.4 Å². The standard InChI is InChI=1S/C25H27N5O2S/c1-17(20-7-8-22-21(13-20)27-16-33-22)29-11-9-25(10-12-29)23(31)30(24(32)28(25)2)15-19-5-3-18(14-26)4-6-19/h3-8,13,17,27H,9-12,15-16H2,1-2H3. The van der Waals surface area contributed by atoms with Gasteiger partial charge in [0, 0.05) is 36.8 Å². The van der Waals surface area contributed by atoms with Gasteiger partial charge in [0.15, 0.2) is 0 Å². The summed E-state index contributed by atoms with van der Waals surface area (Å²) in [7, 11) is 1.75. The first-order valence-electron chi connectivity index (χ1n) is 11.3. The van der Waals surface area contributed by atoms with E-state index in [0.717, 1.165) is 24.5 Å². The van der Waals surface area contributed by atoms with Crippen LogP contribution >= 0.6 is 11.8 Å². The number of amides is 3. The van der Waals surface area contributed by atoms with E-state index in [9.17, 15) is 9.59 Å². The normalized spacial score (nSPS) is 20.6. The number of carbonyl (C=O) groups is 2. The SMILES string of the molecule is CC(c1ccc2c(c1)NCS2)N1CCC2(CC1)C(=O)N(Cc1ccc(C#N)cc1)C(=O)N2C. The molecular formula is C25H27N5O2S. The van der Waals surface area contributed by atoms with E-state index in [-0.39, 0.29) is 24.5 Å². The molecule has 8 heteroatoms. The molecule has 3 heterocycles. The van der Waals surface area contributed by atoms with E-state index >= 15 is 0 Å². The number of hydrogen-bond donors (Lipinski definition) is 1. The van der Waals surface area contributed by atoms with Gasteiger partial charge in [0.1, 0.15) is 5.54 Å². The molecule has 2 fully saturated rings. The first-order valence-corrected chi connectivity index (χ1v) is 12.2. The number of likely N-dealkylation sites (N-methyl/N-ethyl adjacent to an activating group) is 1. The minimum Gasteiger partial charge on any atom is -0.375 e. The number of anilines is 1. The van der Waals surface area contributed by atoms with Crippen LogP contribution in [0, 0.1) is 11.3 Å². The fraction of sp³-hybridized carbons (Fsp3) is 0.400. The number of imide groups is 1. The van der Waals surface area contributed by atoms with Gasteiger partial charge in [-0.15, -0.1) is 11.8 Å². The molecule has 3 aliphatic rings. The summed E-state index contributed by atoms with van der Waals surface area (Å²) in [6, 6.07) is 15.7. The second kappa shape index (κ2) is 8.40. The molecule has 5 rings (SSSR count). The molecule has 0 saturated carbocycles. The van der Waals surface area contributed by atoms with Crippen molar-refractivity contribution in [3.8, 4) is 6.07 Å². The number of benzene rings is 2. The van der Waals surface area contributed by atoms with Gasteiger partial charge in [-0.1, -0.05) is 18.2 Å². The van der Waals surface area contributed by atoms with Gasteiger partial charge in [-0.3, -0.25) is 14.6 Å². The van der Waals surface area contributed by atoms with Crippen molar-refractivity contribution in [2.24, 2.45) is 0 Å². The van der Waals surface area contributed by atoms with Crippen LogP contribution in [0.3, 0.4) is 0 Å². The number of piperidine rings is 1. The van der Waals surface area contributed by atoms with E-state index in [4.69, 9.17) is 5.26 Å². The van der Waals surface area contributed by atoms with E-state index in [2.05, 4.69) is 41.4 Å². The Labute approximate surface area is 198 Å². The van der Waals surface area contributed by atoms with Crippen molar-refractivity contribution in [3.05, 3.63) is 59.2 Å². The Balaban J connectivity index is 1.28. The maximum Gasteiger partial charge on any atom is 0.327 e. The Morgan fingerprint density at radius 2 is 1.88 bits per heavy atom. The van der Waals surface area contributed by atoms with Gasteiger partial charge < -0.3 is 10.2 Å². The summed E-state index contributed by atoms with van der Waals surface area (Å²) in [4.78, 5) is 33.2. The summed E-state index contributed by atoms with van der Waals surface area (Å²) >= 11 is 1.82. The zero-order valence-corrected chi connectivity index (χ0v) is 19.7. The van der Waals surface area contributed by atoms with E-state index in [1.165, 1.54) is 21.0 Å². The predicted molar refractivity (Wildman–Crippen MR) is 128 cm³/mol. The number of nitrogens with one attached hydrogen (secondary N) is 1. The maximum atomic E-state index is 13.5. The van der Waals surface area contributed by atoms with Crippen LogP contribution in [0.5, 0.6) is 0 Å². The summed E-state index contributed by atoms with van der Waals surface area (Å²) in [5.41, 5.74) is 3.11. The first kappa shape index (κ1) is 21.8. The summed E-state index contributed by atoms with van der Waals surface area (Å²) in [5.74, 6) is 0.811. The lowest BCUT2D eigenvalue weighted by Gasteiger charge is -2.43. The minimum absolute atomic E-state index is 0.106. The van der Waals surface area contributed by atoms with E-state index in [1.807, 2.05) is 11.8 Å². The molecule has 170 valence electrons. The van der Waals surface area contributed by atoms with Crippen molar-refractivity contribution in [2.45, 2.75) is 42.8 Å². The van der Waals surface area contributed by atoms with E-state index in [1.54, 1.807) is 36.2 Å². The third-order valence-electron chi connectivity index (χ3n) is 7.38. The number of nitriles is 1. The Hall–Kier alpha value is -3.02. The number of rotatable bonds is 4. The van der Waals surface area contributed by atoms with Crippen LogP contribution in [0.25, 0.3) is 0 Å². The highest BCUT2D eigenvalue weighted by Gasteiger charge is 2.56. The third kappa shape index (κ3) is 3.65. The summed E-state index contributed by atoms with van der Waals surface area (Å²) in [5, 5.41) is 12.4. The average molecular weight is 462 g/mol. The fourth-order valence-electron chi connectivity index (χ4n) is 5.16. The van der Waals surface area contributed by atoms with Crippen molar-refractivity contribution in [1.29, 1.82) is 5.26 Å².